The summed E-state index contributed by atoms with van der Waals surface area (Å²) >= 11 is 7.34. The number of allylic oxidation sites excluding steroid dienone is 6. The highest BCUT2D eigenvalue weighted by atomic mass is 35.5. The first-order chi connectivity index (χ1) is 13.3. The number of thiazole rings is 1. The van der Waals surface area contributed by atoms with E-state index in [2.05, 4.69) is 25.5 Å². The van der Waals surface area contributed by atoms with E-state index in [9.17, 15) is 13.2 Å². The monoisotopic (exact) mass is 428 g/mol. The second-order valence-electron chi connectivity index (χ2n) is 5.69. The SMILES string of the molecule is C\C=C/C=C\C(=C(/C)Cl)c1cncn1-c1n[nH]c2nc(NCC(F)(F)F)sc12. The molecule has 0 amide bonds. The molecule has 3 aromatic heterocycles. The van der Waals surface area contributed by atoms with Crippen LogP contribution in [0.1, 0.15) is 19.5 Å². The van der Waals surface area contributed by atoms with E-state index in [4.69, 9.17) is 11.6 Å². The lowest BCUT2D eigenvalue weighted by atomic mass is 10.1. The second kappa shape index (κ2) is 8.19. The standard InChI is InChI=1S/C17H16ClF3N6S/c1-3-4-5-6-11(10(2)18)12-7-22-9-27(12)15-13-14(25-26-15)24-16(28-13)23-8-17(19,20)21/h3-7,9H,8H2,1-2H3,(H2,23,24,25,26)/b4-3-,6-5-,11-10-. The molecule has 148 valence electrons. The predicted molar refractivity (Wildman–Crippen MR) is 106 cm³/mol. The van der Waals surface area contributed by atoms with Gasteiger partial charge in [0.25, 0.3) is 0 Å². The molecule has 0 saturated heterocycles. The van der Waals surface area contributed by atoms with Gasteiger partial charge in [-0.15, -0.1) is 0 Å². The van der Waals surface area contributed by atoms with Crippen LogP contribution in [0.5, 0.6) is 0 Å². The number of nitrogens with one attached hydrogen (secondary N) is 2. The maximum absolute atomic E-state index is 12.4. The summed E-state index contributed by atoms with van der Waals surface area (Å²) in [6.45, 7) is 2.51. The van der Waals surface area contributed by atoms with Crippen molar-refractivity contribution >= 4 is 44.0 Å². The molecular weight excluding hydrogens is 413 g/mol. The number of fused-ring (bicyclic) bond motifs is 1. The van der Waals surface area contributed by atoms with Gasteiger partial charge < -0.3 is 5.32 Å². The van der Waals surface area contributed by atoms with Gasteiger partial charge in [0.1, 0.15) is 17.6 Å². The number of aromatic nitrogens is 5. The molecule has 6 nitrogen and oxygen atoms in total. The molecule has 3 aromatic rings. The normalized spacial score (nSPS) is 13.8. The van der Waals surface area contributed by atoms with Gasteiger partial charge in [0.2, 0.25) is 0 Å². The number of alkyl halides is 3. The first-order valence-corrected chi connectivity index (χ1v) is 9.34. The fourth-order valence-electron chi connectivity index (χ4n) is 2.42. The average molecular weight is 429 g/mol. The van der Waals surface area contributed by atoms with Crippen molar-refractivity contribution in [3.05, 3.63) is 47.6 Å². The van der Waals surface area contributed by atoms with Crippen LogP contribution in [-0.4, -0.2) is 37.5 Å². The Balaban J connectivity index is 1.99. The van der Waals surface area contributed by atoms with Crippen molar-refractivity contribution < 1.29 is 13.2 Å². The Bertz CT molecular complexity index is 1050. The number of anilines is 1. The Kier molecular flexibility index (Phi) is 5.90. The largest absolute Gasteiger partial charge is 0.405 e. The molecule has 0 aliphatic rings. The highest BCUT2D eigenvalue weighted by molar-refractivity contribution is 7.22. The summed E-state index contributed by atoms with van der Waals surface area (Å²) in [5.41, 5.74) is 1.83. The van der Waals surface area contributed by atoms with Crippen LogP contribution in [0.4, 0.5) is 18.3 Å². The molecular formula is C17H16ClF3N6S. The van der Waals surface area contributed by atoms with Crippen molar-refractivity contribution in [3.63, 3.8) is 0 Å². The summed E-state index contributed by atoms with van der Waals surface area (Å²) in [5.74, 6) is 0.481. The van der Waals surface area contributed by atoms with Gasteiger partial charge in [-0.25, -0.2) is 9.97 Å². The molecule has 11 heteroatoms. The number of rotatable bonds is 6. The molecule has 0 aliphatic heterocycles. The molecule has 0 unspecified atom stereocenters. The van der Waals surface area contributed by atoms with Crippen LogP contribution in [0.2, 0.25) is 0 Å². The van der Waals surface area contributed by atoms with Gasteiger partial charge in [0.05, 0.1) is 11.9 Å². The first-order valence-electron chi connectivity index (χ1n) is 8.14. The number of imidazole rings is 1. The zero-order valence-electron chi connectivity index (χ0n) is 14.9. The van der Waals surface area contributed by atoms with E-state index in [1.54, 1.807) is 24.0 Å². The molecule has 0 aromatic carbocycles. The van der Waals surface area contributed by atoms with Crippen LogP contribution in [0, 0.1) is 0 Å². The Morgan fingerprint density at radius 2 is 2.18 bits per heavy atom. The van der Waals surface area contributed by atoms with Crippen LogP contribution in [0.25, 0.3) is 21.7 Å². The number of halogens is 4. The summed E-state index contributed by atoms with van der Waals surface area (Å²) in [6, 6.07) is 0. The summed E-state index contributed by atoms with van der Waals surface area (Å²) < 4.78 is 39.6. The Hall–Kier alpha value is -2.59. The smallest absolute Gasteiger partial charge is 0.352 e. The van der Waals surface area contributed by atoms with Crippen molar-refractivity contribution in [1.29, 1.82) is 0 Å². The zero-order chi connectivity index (χ0) is 20.3. The fourth-order valence-corrected chi connectivity index (χ4v) is 3.48. The quantitative estimate of drug-likeness (QED) is 0.524. The summed E-state index contributed by atoms with van der Waals surface area (Å²) in [7, 11) is 0. The van der Waals surface area contributed by atoms with Crippen molar-refractivity contribution in [2.45, 2.75) is 20.0 Å². The van der Waals surface area contributed by atoms with Gasteiger partial charge in [-0.3, -0.25) is 9.67 Å². The van der Waals surface area contributed by atoms with Crippen LogP contribution >= 0.6 is 22.9 Å². The topological polar surface area (TPSA) is 71.4 Å². The molecule has 0 aliphatic carbocycles. The van der Waals surface area contributed by atoms with E-state index < -0.39 is 12.7 Å². The van der Waals surface area contributed by atoms with Gasteiger partial charge >= 0.3 is 6.18 Å². The van der Waals surface area contributed by atoms with E-state index in [0.717, 1.165) is 16.9 Å². The zero-order valence-corrected chi connectivity index (χ0v) is 16.5. The highest BCUT2D eigenvalue weighted by Gasteiger charge is 2.27. The lowest BCUT2D eigenvalue weighted by molar-refractivity contribution is -0.115. The minimum atomic E-state index is -4.32. The number of aromatic amines is 1. The van der Waals surface area contributed by atoms with Crippen molar-refractivity contribution in [2.24, 2.45) is 0 Å². The van der Waals surface area contributed by atoms with Gasteiger partial charge in [0.15, 0.2) is 16.6 Å². The molecule has 0 radical (unpaired) electrons. The van der Waals surface area contributed by atoms with E-state index >= 15 is 0 Å². The third kappa shape index (κ3) is 4.45. The van der Waals surface area contributed by atoms with Crippen molar-refractivity contribution in [1.82, 2.24) is 24.7 Å². The van der Waals surface area contributed by atoms with Crippen LogP contribution in [0.3, 0.4) is 0 Å². The van der Waals surface area contributed by atoms with Gasteiger partial charge in [-0.2, -0.15) is 18.3 Å². The highest BCUT2D eigenvalue weighted by Crippen LogP contribution is 2.32. The van der Waals surface area contributed by atoms with Crippen LogP contribution in [-0.2, 0) is 0 Å². The molecule has 2 N–H and O–H groups in total. The van der Waals surface area contributed by atoms with Crippen LogP contribution < -0.4 is 5.32 Å². The number of hydrogen-bond acceptors (Lipinski definition) is 5. The Labute approximate surface area is 167 Å². The van der Waals surface area contributed by atoms with Crippen LogP contribution in [0.15, 0.2) is 41.9 Å². The van der Waals surface area contributed by atoms with E-state index in [-0.39, 0.29) is 5.13 Å². The maximum Gasteiger partial charge on any atom is 0.405 e. The number of hydrogen-bond donors (Lipinski definition) is 2. The number of nitrogens with zero attached hydrogens (tertiary/aromatic N) is 4. The van der Waals surface area contributed by atoms with E-state index in [1.165, 1.54) is 0 Å². The lowest BCUT2D eigenvalue weighted by Gasteiger charge is -2.07. The summed E-state index contributed by atoms with van der Waals surface area (Å²) in [4.78, 5) is 8.29. The minimum Gasteiger partial charge on any atom is -0.352 e. The lowest BCUT2D eigenvalue weighted by Crippen LogP contribution is -2.21. The predicted octanol–water partition coefficient (Wildman–Crippen LogP) is 5.28. The van der Waals surface area contributed by atoms with E-state index in [1.807, 2.05) is 31.2 Å². The molecule has 0 fully saturated rings. The molecule has 0 bridgehead atoms. The van der Waals surface area contributed by atoms with Gasteiger partial charge in [-0.1, -0.05) is 47.2 Å². The number of H-pyrrole nitrogens is 1. The van der Waals surface area contributed by atoms with Crippen molar-refractivity contribution in [2.75, 3.05) is 11.9 Å². The molecule has 0 spiro atoms. The Morgan fingerprint density at radius 3 is 2.86 bits per heavy atom. The Morgan fingerprint density at radius 1 is 1.39 bits per heavy atom. The third-order valence-corrected chi connectivity index (χ3v) is 4.83. The van der Waals surface area contributed by atoms with Gasteiger partial charge in [0, 0.05) is 10.6 Å². The average Bonchev–Trinajstić information content (AvgIpc) is 3.31. The molecule has 0 atom stereocenters. The molecule has 0 saturated carbocycles. The van der Waals surface area contributed by atoms with E-state index in [0.29, 0.717) is 26.9 Å². The third-order valence-electron chi connectivity index (χ3n) is 3.62. The summed E-state index contributed by atoms with van der Waals surface area (Å²) in [6.07, 6.45) is 6.35. The first kappa shape index (κ1) is 20.2. The molecule has 3 heterocycles. The molecule has 28 heavy (non-hydrogen) atoms. The van der Waals surface area contributed by atoms with Gasteiger partial charge in [-0.05, 0) is 13.8 Å². The fraction of sp³-hybridized carbons (Fsp3) is 0.235. The summed E-state index contributed by atoms with van der Waals surface area (Å²) in [5, 5.41) is 9.98. The maximum atomic E-state index is 12.4. The van der Waals surface area contributed by atoms with Crippen molar-refractivity contribution in [3.8, 4) is 5.82 Å². The minimum absolute atomic E-state index is 0.154. The molecule has 3 rings (SSSR count). The second-order valence-corrected chi connectivity index (χ2v) is 7.26.